The zero-order valence-corrected chi connectivity index (χ0v) is 23.1. The molecular weight excluding hydrogens is 513 g/mol. The van der Waals surface area contributed by atoms with Crippen molar-refractivity contribution in [1.29, 1.82) is 0 Å². The minimum absolute atomic E-state index is 0.132. The lowest BCUT2D eigenvalue weighted by molar-refractivity contribution is -0.152. The third kappa shape index (κ3) is 6.68. The monoisotopic (exact) mass is 547 g/mol. The predicted molar refractivity (Wildman–Crippen MR) is 148 cm³/mol. The van der Waals surface area contributed by atoms with Crippen molar-refractivity contribution >= 4 is 17.8 Å². The van der Waals surface area contributed by atoms with E-state index < -0.39 is 29.4 Å². The molecule has 1 saturated heterocycles. The molecule has 1 N–H and O–H groups in total. The maximum Gasteiger partial charge on any atom is 0.415 e. The van der Waals surface area contributed by atoms with Crippen LogP contribution in [0, 0.1) is 31.5 Å². The number of carbonyl (C=O) groups excluding carboxylic acids is 2. The Kier molecular flexibility index (Phi) is 8.57. The van der Waals surface area contributed by atoms with Crippen LogP contribution >= 0.6 is 0 Å². The number of likely N-dealkylation sites (tertiary alicyclic amines) is 1. The topological polar surface area (TPSA) is 93.1 Å². The molecule has 0 aromatic heterocycles. The fourth-order valence-electron chi connectivity index (χ4n) is 5.09. The Morgan fingerprint density at radius 2 is 1.60 bits per heavy atom. The van der Waals surface area contributed by atoms with Gasteiger partial charge in [0.25, 0.3) is 0 Å². The summed E-state index contributed by atoms with van der Waals surface area (Å²) in [6.07, 6.45) is 0.760. The van der Waals surface area contributed by atoms with Gasteiger partial charge in [0.1, 0.15) is 17.3 Å². The molecule has 1 unspecified atom stereocenters. The second-order valence-corrected chi connectivity index (χ2v) is 10.8. The fourth-order valence-corrected chi connectivity index (χ4v) is 5.09. The van der Waals surface area contributed by atoms with Gasteiger partial charge in [-0.05, 0) is 99.5 Å². The highest BCUT2D eigenvalue weighted by Gasteiger charge is 2.40. The van der Waals surface area contributed by atoms with Crippen molar-refractivity contribution in [1.82, 2.24) is 4.90 Å². The number of carboxylic acids is 1. The number of ketones is 1. The van der Waals surface area contributed by atoms with Crippen LogP contribution in [-0.2, 0) is 11.2 Å². The molecule has 1 aliphatic rings. The van der Waals surface area contributed by atoms with Crippen LogP contribution in [0.2, 0.25) is 0 Å². The Morgan fingerprint density at radius 3 is 2.20 bits per heavy atom. The van der Waals surface area contributed by atoms with Gasteiger partial charge in [-0.15, -0.1) is 0 Å². The number of amides is 1. The van der Waals surface area contributed by atoms with Gasteiger partial charge in [-0.1, -0.05) is 30.3 Å². The smallest absolute Gasteiger partial charge is 0.415 e. The summed E-state index contributed by atoms with van der Waals surface area (Å²) >= 11 is 0. The third-order valence-corrected chi connectivity index (χ3v) is 7.31. The summed E-state index contributed by atoms with van der Waals surface area (Å²) in [7, 11) is 0. The Labute approximate surface area is 233 Å². The van der Waals surface area contributed by atoms with Gasteiger partial charge in [0, 0.05) is 24.6 Å². The molecule has 1 amide bonds. The van der Waals surface area contributed by atoms with Gasteiger partial charge in [-0.2, -0.15) is 0 Å². The lowest BCUT2D eigenvalue weighted by atomic mass is 9.84. The van der Waals surface area contributed by atoms with Crippen LogP contribution in [0.4, 0.5) is 9.18 Å². The highest BCUT2D eigenvalue weighted by molar-refractivity contribution is 5.98. The molecular formula is C32H34FNO6. The van der Waals surface area contributed by atoms with E-state index in [1.807, 2.05) is 32.0 Å². The number of rotatable bonds is 9. The van der Waals surface area contributed by atoms with Gasteiger partial charge in [0.05, 0.1) is 0 Å². The van der Waals surface area contributed by atoms with Gasteiger partial charge in [-0.25, -0.2) is 14.0 Å². The molecule has 1 heterocycles. The van der Waals surface area contributed by atoms with Gasteiger partial charge >= 0.3 is 12.1 Å². The Balaban J connectivity index is 1.51. The number of aliphatic carboxylic acids is 1. The molecule has 8 heteroatoms. The van der Waals surface area contributed by atoms with Crippen LogP contribution in [0.1, 0.15) is 47.3 Å². The van der Waals surface area contributed by atoms with Crippen molar-refractivity contribution in [2.45, 2.75) is 46.1 Å². The molecule has 0 bridgehead atoms. The van der Waals surface area contributed by atoms with Crippen molar-refractivity contribution in [3.05, 3.63) is 94.8 Å². The molecule has 40 heavy (non-hydrogen) atoms. The molecule has 1 fully saturated rings. The number of carbonyl (C=O) groups is 3. The summed E-state index contributed by atoms with van der Waals surface area (Å²) in [4.78, 5) is 39.5. The van der Waals surface area contributed by atoms with Crippen LogP contribution in [0.25, 0.3) is 0 Å². The number of halogens is 1. The minimum atomic E-state index is -1.37. The number of Topliss-reactive ketones (excluding diaryl/α,β-unsaturated/α-hetero) is 1. The number of benzene rings is 3. The van der Waals surface area contributed by atoms with Crippen LogP contribution in [0.3, 0.4) is 0 Å². The van der Waals surface area contributed by atoms with Gasteiger partial charge < -0.3 is 19.5 Å². The summed E-state index contributed by atoms with van der Waals surface area (Å²) in [5, 5.41) is 9.45. The van der Waals surface area contributed by atoms with E-state index in [2.05, 4.69) is 0 Å². The van der Waals surface area contributed by atoms with Gasteiger partial charge in [0.15, 0.2) is 11.4 Å². The van der Waals surface area contributed by atoms with Crippen LogP contribution in [-0.4, -0.2) is 46.5 Å². The van der Waals surface area contributed by atoms with E-state index in [9.17, 15) is 23.9 Å². The third-order valence-electron chi connectivity index (χ3n) is 7.31. The highest BCUT2D eigenvalue weighted by Crippen LogP contribution is 2.33. The zero-order chi connectivity index (χ0) is 29.0. The molecule has 0 spiro atoms. The number of hydrogen-bond acceptors (Lipinski definition) is 5. The number of ether oxygens (including phenoxy) is 2. The molecule has 3 aromatic carbocycles. The minimum Gasteiger partial charge on any atom is -0.478 e. The summed E-state index contributed by atoms with van der Waals surface area (Å²) in [6.45, 7) is 7.34. The number of nitrogens with zero attached hydrogens (tertiary/aromatic N) is 1. The molecule has 4 rings (SSSR count). The molecule has 1 aliphatic heterocycles. The van der Waals surface area contributed by atoms with E-state index in [1.54, 1.807) is 29.2 Å². The van der Waals surface area contributed by atoms with Gasteiger partial charge in [0.2, 0.25) is 0 Å². The van der Waals surface area contributed by atoms with E-state index in [0.717, 1.165) is 16.7 Å². The molecule has 210 valence electrons. The Hall–Kier alpha value is -4.20. The van der Waals surface area contributed by atoms with E-state index >= 15 is 0 Å². The number of hydrogen-bond donors (Lipinski definition) is 1. The van der Waals surface area contributed by atoms with E-state index in [0.29, 0.717) is 36.4 Å². The van der Waals surface area contributed by atoms with Crippen molar-refractivity contribution in [3.8, 4) is 11.5 Å². The molecule has 7 nitrogen and oxygen atoms in total. The van der Waals surface area contributed by atoms with E-state index in [4.69, 9.17) is 9.47 Å². The molecule has 3 aromatic rings. The first-order valence-electron chi connectivity index (χ1n) is 13.3. The zero-order valence-electron chi connectivity index (χ0n) is 23.1. The average Bonchev–Trinajstić information content (AvgIpc) is 3.34. The standard InChI is InChI=1S/C32H34FNO6/c1-20-16-22(17-21(2)29(20)40-32(3,4)30(36)37)10-11-24-18-34(31(38)39-26-8-6-5-7-9-26)19-27(24)28(35)23-12-14-25(33)15-13-23/h5-9,12-17,24,27H,10-11,18-19H2,1-4H3,(H,36,37)/t24-,27?/m0/s1. The summed E-state index contributed by atoms with van der Waals surface area (Å²) in [6, 6.07) is 18.2. The summed E-state index contributed by atoms with van der Waals surface area (Å²) < 4.78 is 24.8. The summed E-state index contributed by atoms with van der Waals surface area (Å²) in [5.41, 5.74) is 1.70. The Bertz CT molecular complexity index is 1360. The molecule has 0 saturated carbocycles. The highest BCUT2D eigenvalue weighted by atomic mass is 19.1. The second-order valence-electron chi connectivity index (χ2n) is 10.8. The molecule has 2 atom stereocenters. The quantitative estimate of drug-likeness (QED) is 0.319. The molecule has 0 aliphatic carbocycles. The maximum absolute atomic E-state index is 13.5. The predicted octanol–water partition coefficient (Wildman–Crippen LogP) is 6.25. The number of aryl methyl sites for hydroxylation is 3. The maximum atomic E-state index is 13.5. The van der Waals surface area contributed by atoms with E-state index in [1.165, 1.54) is 38.1 Å². The van der Waals surface area contributed by atoms with E-state index in [-0.39, 0.29) is 18.2 Å². The Morgan fingerprint density at radius 1 is 0.975 bits per heavy atom. The number of para-hydroxylation sites is 1. The fraction of sp³-hybridized carbons (Fsp3) is 0.344. The lowest BCUT2D eigenvalue weighted by Crippen LogP contribution is -2.38. The first-order valence-corrected chi connectivity index (χ1v) is 13.3. The second kappa shape index (κ2) is 11.9. The first-order chi connectivity index (χ1) is 18.9. The first kappa shape index (κ1) is 28.8. The average molecular weight is 548 g/mol. The summed E-state index contributed by atoms with van der Waals surface area (Å²) in [5.74, 6) is -1.24. The van der Waals surface area contributed by atoms with Crippen molar-refractivity contribution in [2.75, 3.05) is 13.1 Å². The van der Waals surface area contributed by atoms with Crippen LogP contribution < -0.4 is 9.47 Å². The normalized spacial score (nSPS) is 17.0. The largest absolute Gasteiger partial charge is 0.478 e. The SMILES string of the molecule is Cc1cc(CC[C@H]2CN(C(=O)Oc3ccccc3)CC2C(=O)c2ccc(F)cc2)cc(C)c1OC(C)(C)C(=O)O. The van der Waals surface area contributed by atoms with Crippen LogP contribution in [0.5, 0.6) is 11.5 Å². The lowest BCUT2D eigenvalue weighted by Gasteiger charge is -2.25. The molecule has 0 radical (unpaired) electrons. The van der Waals surface area contributed by atoms with Crippen LogP contribution in [0.15, 0.2) is 66.7 Å². The van der Waals surface area contributed by atoms with Crippen molar-refractivity contribution in [2.24, 2.45) is 11.8 Å². The van der Waals surface area contributed by atoms with Crippen molar-refractivity contribution < 1.29 is 33.4 Å². The van der Waals surface area contributed by atoms with Gasteiger partial charge in [-0.3, -0.25) is 4.79 Å². The van der Waals surface area contributed by atoms with Crippen molar-refractivity contribution in [3.63, 3.8) is 0 Å². The number of carboxylic acid groups (broad SMARTS) is 1.